The number of hydrogen-bond acceptors (Lipinski definition) is 3. The molecule has 1 N–H and O–H groups in total. The first-order valence-corrected chi connectivity index (χ1v) is 5.11. The molecular formula is C11H12F3N3. The lowest BCUT2D eigenvalue weighted by Crippen LogP contribution is -2.12. The Bertz CT molecular complexity index is 396. The van der Waals surface area contributed by atoms with Crippen LogP contribution in [0.2, 0.25) is 0 Å². The number of alkyl halides is 3. The van der Waals surface area contributed by atoms with Crippen LogP contribution in [0.5, 0.6) is 0 Å². The number of rotatable bonds is 5. The summed E-state index contributed by atoms with van der Waals surface area (Å²) in [6.07, 6.45) is 3.96. The molecule has 92 valence electrons. The van der Waals surface area contributed by atoms with Crippen LogP contribution < -0.4 is 5.32 Å². The highest BCUT2D eigenvalue weighted by atomic mass is 19.4. The van der Waals surface area contributed by atoms with Crippen molar-refractivity contribution in [3.05, 3.63) is 18.0 Å². The van der Waals surface area contributed by atoms with Crippen LogP contribution in [0.4, 0.5) is 19.1 Å². The second-order valence-electron chi connectivity index (χ2n) is 3.35. The van der Waals surface area contributed by atoms with Gasteiger partial charge in [-0.25, -0.2) is 9.97 Å². The molecule has 1 aromatic rings. The zero-order chi connectivity index (χ0) is 12.7. The monoisotopic (exact) mass is 243 g/mol. The molecule has 0 aliphatic heterocycles. The Morgan fingerprint density at radius 1 is 1.35 bits per heavy atom. The molecule has 1 heterocycles. The standard InChI is InChI=1S/C11H12F3N3/c1-2-3-4-5-7-15-10-16-8-6-9(17-10)11(12,13)14/h1,6,8H,3-5,7H2,(H,15,16,17). The van der Waals surface area contributed by atoms with Crippen LogP contribution in [0, 0.1) is 12.3 Å². The summed E-state index contributed by atoms with van der Waals surface area (Å²) in [4.78, 5) is 7.08. The quantitative estimate of drug-likeness (QED) is 0.638. The van der Waals surface area contributed by atoms with Gasteiger partial charge in [-0.15, -0.1) is 12.3 Å². The van der Waals surface area contributed by atoms with Gasteiger partial charge in [0.05, 0.1) is 0 Å². The SMILES string of the molecule is C#CCCCCNc1nccc(C(F)(F)F)n1. The average molecular weight is 243 g/mol. The molecular weight excluding hydrogens is 231 g/mol. The third-order valence-electron chi connectivity index (χ3n) is 1.98. The molecule has 0 unspecified atom stereocenters. The highest BCUT2D eigenvalue weighted by Crippen LogP contribution is 2.27. The Balaban J connectivity index is 2.47. The number of unbranched alkanes of at least 4 members (excludes halogenated alkanes) is 2. The smallest absolute Gasteiger partial charge is 0.354 e. The fourth-order valence-electron chi connectivity index (χ4n) is 1.15. The minimum absolute atomic E-state index is 0.0134. The largest absolute Gasteiger partial charge is 0.433 e. The summed E-state index contributed by atoms with van der Waals surface area (Å²) >= 11 is 0. The average Bonchev–Trinajstić information content (AvgIpc) is 2.28. The molecule has 0 aliphatic carbocycles. The van der Waals surface area contributed by atoms with Crippen molar-refractivity contribution in [2.75, 3.05) is 11.9 Å². The fraction of sp³-hybridized carbons (Fsp3) is 0.455. The van der Waals surface area contributed by atoms with Gasteiger partial charge in [0.2, 0.25) is 5.95 Å². The van der Waals surface area contributed by atoms with Crippen LogP contribution in [0.1, 0.15) is 25.0 Å². The maximum Gasteiger partial charge on any atom is 0.433 e. The van der Waals surface area contributed by atoms with E-state index in [9.17, 15) is 13.2 Å². The Hall–Kier alpha value is -1.77. The maximum atomic E-state index is 12.3. The van der Waals surface area contributed by atoms with Gasteiger partial charge in [-0.1, -0.05) is 0 Å². The minimum Gasteiger partial charge on any atom is -0.354 e. The first-order chi connectivity index (χ1) is 8.04. The minimum atomic E-state index is -4.44. The number of nitrogens with zero attached hydrogens (tertiary/aromatic N) is 2. The van der Waals surface area contributed by atoms with E-state index in [0.717, 1.165) is 25.1 Å². The van der Waals surface area contributed by atoms with Crippen molar-refractivity contribution in [2.45, 2.75) is 25.4 Å². The summed E-state index contributed by atoms with van der Waals surface area (Å²) in [5.41, 5.74) is -0.946. The van der Waals surface area contributed by atoms with Crippen LogP contribution in [0.25, 0.3) is 0 Å². The van der Waals surface area contributed by atoms with Gasteiger partial charge in [0.25, 0.3) is 0 Å². The highest BCUT2D eigenvalue weighted by Gasteiger charge is 2.32. The first kappa shape index (κ1) is 13.3. The summed E-state index contributed by atoms with van der Waals surface area (Å²) in [6, 6.07) is 0.837. The maximum absolute atomic E-state index is 12.3. The molecule has 0 spiro atoms. The Morgan fingerprint density at radius 2 is 2.12 bits per heavy atom. The van der Waals surface area contributed by atoms with E-state index in [2.05, 4.69) is 21.2 Å². The molecule has 0 fully saturated rings. The second kappa shape index (κ2) is 6.09. The molecule has 0 radical (unpaired) electrons. The van der Waals surface area contributed by atoms with E-state index in [1.807, 2.05) is 0 Å². The fourth-order valence-corrected chi connectivity index (χ4v) is 1.15. The van der Waals surface area contributed by atoms with Gasteiger partial charge in [-0.3, -0.25) is 0 Å². The molecule has 17 heavy (non-hydrogen) atoms. The van der Waals surface area contributed by atoms with Gasteiger partial charge in [0, 0.05) is 19.2 Å². The predicted octanol–water partition coefficient (Wildman–Crippen LogP) is 2.71. The van der Waals surface area contributed by atoms with Crippen molar-refractivity contribution in [1.82, 2.24) is 9.97 Å². The Morgan fingerprint density at radius 3 is 2.76 bits per heavy atom. The lowest BCUT2D eigenvalue weighted by atomic mass is 10.2. The third-order valence-corrected chi connectivity index (χ3v) is 1.98. The van der Waals surface area contributed by atoms with Crippen molar-refractivity contribution < 1.29 is 13.2 Å². The van der Waals surface area contributed by atoms with E-state index in [4.69, 9.17) is 6.42 Å². The number of halogens is 3. The normalized spacial score (nSPS) is 10.9. The van der Waals surface area contributed by atoms with Crippen LogP contribution >= 0.6 is 0 Å². The predicted molar refractivity (Wildman–Crippen MR) is 58.2 cm³/mol. The van der Waals surface area contributed by atoms with E-state index >= 15 is 0 Å². The molecule has 0 aromatic carbocycles. The van der Waals surface area contributed by atoms with Gasteiger partial charge < -0.3 is 5.32 Å². The van der Waals surface area contributed by atoms with Crippen LogP contribution in [0.3, 0.4) is 0 Å². The van der Waals surface area contributed by atoms with E-state index in [-0.39, 0.29) is 5.95 Å². The van der Waals surface area contributed by atoms with Gasteiger partial charge >= 0.3 is 6.18 Å². The Labute approximate surface area is 97.5 Å². The molecule has 6 heteroatoms. The highest BCUT2D eigenvalue weighted by molar-refractivity contribution is 5.25. The van der Waals surface area contributed by atoms with Crippen molar-refractivity contribution in [3.8, 4) is 12.3 Å². The van der Waals surface area contributed by atoms with Gasteiger partial charge in [0.1, 0.15) is 5.69 Å². The first-order valence-electron chi connectivity index (χ1n) is 5.11. The van der Waals surface area contributed by atoms with Crippen molar-refractivity contribution in [2.24, 2.45) is 0 Å². The molecule has 1 rings (SSSR count). The van der Waals surface area contributed by atoms with Crippen LogP contribution in [-0.4, -0.2) is 16.5 Å². The van der Waals surface area contributed by atoms with Crippen molar-refractivity contribution in [3.63, 3.8) is 0 Å². The zero-order valence-corrected chi connectivity index (χ0v) is 9.09. The third kappa shape index (κ3) is 4.72. The van der Waals surface area contributed by atoms with Gasteiger partial charge in [-0.05, 0) is 18.9 Å². The van der Waals surface area contributed by atoms with E-state index < -0.39 is 11.9 Å². The van der Waals surface area contributed by atoms with E-state index in [1.54, 1.807) is 0 Å². The number of terminal acetylenes is 1. The summed E-state index contributed by atoms with van der Waals surface area (Å²) < 4.78 is 36.9. The summed E-state index contributed by atoms with van der Waals surface area (Å²) in [6.45, 7) is 0.503. The number of nitrogens with one attached hydrogen (secondary N) is 1. The molecule has 0 aliphatic rings. The van der Waals surface area contributed by atoms with Crippen LogP contribution in [0.15, 0.2) is 12.3 Å². The zero-order valence-electron chi connectivity index (χ0n) is 9.09. The van der Waals surface area contributed by atoms with Gasteiger partial charge in [-0.2, -0.15) is 13.2 Å². The number of aromatic nitrogens is 2. The molecule has 3 nitrogen and oxygen atoms in total. The summed E-state index contributed by atoms with van der Waals surface area (Å²) in [5.74, 6) is 2.47. The molecule has 0 amide bonds. The van der Waals surface area contributed by atoms with Crippen molar-refractivity contribution in [1.29, 1.82) is 0 Å². The molecule has 1 aromatic heterocycles. The second-order valence-corrected chi connectivity index (χ2v) is 3.35. The summed E-state index contributed by atoms with van der Waals surface area (Å²) in [5, 5.41) is 2.73. The number of hydrogen-bond donors (Lipinski definition) is 1. The van der Waals surface area contributed by atoms with E-state index in [0.29, 0.717) is 13.0 Å². The van der Waals surface area contributed by atoms with E-state index in [1.165, 1.54) is 0 Å². The lowest BCUT2D eigenvalue weighted by Gasteiger charge is -2.08. The van der Waals surface area contributed by atoms with Crippen LogP contribution in [-0.2, 0) is 6.18 Å². The lowest BCUT2D eigenvalue weighted by molar-refractivity contribution is -0.141. The summed E-state index contributed by atoms with van der Waals surface area (Å²) in [7, 11) is 0. The topological polar surface area (TPSA) is 37.8 Å². The molecule has 0 saturated heterocycles. The molecule has 0 bridgehead atoms. The molecule has 0 atom stereocenters. The molecule has 0 saturated carbocycles. The Kier molecular flexibility index (Phi) is 4.76. The van der Waals surface area contributed by atoms with Gasteiger partial charge in [0.15, 0.2) is 0 Å². The number of anilines is 1. The van der Waals surface area contributed by atoms with Crippen molar-refractivity contribution >= 4 is 5.95 Å².